The van der Waals surface area contributed by atoms with Crippen molar-refractivity contribution in [2.45, 2.75) is 53.6 Å². The van der Waals surface area contributed by atoms with Gasteiger partial charge in [-0.05, 0) is 45.2 Å². The molecule has 0 radical (unpaired) electrons. The number of anilines is 1. The van der Waals surface area contributed by atoms with Crippen molar-refractivity contribution >= 4 is 17.6 Å². The summed E-state index contributed by atoms with van der Waals surface area (Å²) in [6.07, 6.45) is 0.923. The van der Waals surface area contributed by atoms with Crippen LogP contribution in [-0.4, -0.2) is 35.3 Å². The molecule has 9 heteroatoms. The molecule has 0 fully saturated rings. The number of rotatable bonds is 7. The lowest BCUT2D eigenvalue weighted by molar-refractivity contribution is -0.121. The molecule has 0 unspecified atom stereocenters. The molecule has 3 aromatic heterocycles. The Labute approximate surface area is 186 Å². The van der Waals surface area contributed by atoms with Crippen LogP contribution >= 0.6 is 0 Å². The minimum atomic E-state index is -0.0170. The summed E-state index contributed by atoms with van der Waals surface area (Å²) in [5.41, 5.74) is 12.7. The second-order valence-electron chi connectivity index (χ2n) is 8.01. The fourth-order valence-electron chi connectivity index (χ4n) is 4.00. The second-order valence-corrected chi connectivity index (χ2v) is 8.01. The third-order valence-corrected chi connectivity index (χ3v) is 5.84. The van der Waals surface area contributed by atoms with Crippen molar-refractivity contribution in [3.05, 3.63) is 69.8 Å². The molecule has 0 spiro atoms. The molecule has 3 heterocycles. The monoisotopic (exact) mass is 432 g/mol. The first-order chi connectivity index (χ1) is 15.3. The van der Waals surface area contributed by atoms with E-state index in [-0.39, 0.29) is 11.9 Å². The van der Waals surface area contributed by atoms with Crippen LogP contribution in [0, 0.1) is 27.7 Å². The molecule has 0 atom stereocenters. The van der Waals surface area contributed by atoms with Gasteiger partial charge in [-0.2, -0.15) is 14.6 Å². The van der Waals surface area contributed by atoms with Gasteiger partial charge in [0.2, 0.25) is 11.9 Å². The average Bonchev–Trinajstić information content (AvgIpc) is 3.25. The van der Waals surface area contributed by atoms with Gasteiger partial charge in [-0.25, -0.2) is 4.98 Å². The van der Waals surface area contributed by atoms with Crippen molar-refractivity contribution in [2.24, 2.45) is 0 Å². The Bertz CT molecular complexity index is 1270. The molecule has 32 heavy (non-hydrogen) atoms. The number of aryl methyl sites for hydroxylation is 3. The molecule has 4 aromatic rings. The topological polar surface area (TPSA) is 116 Å². The molecule has 4 rings (SSSR count). The summed E-state index contributed by atoms with van der Waals surface area (Å²) in [7, 11) is 0. The van der Waals surface area contributed by atoms with Crippen LogP contribution in [0.3, 0.4) is 0 Å². The molecule has 1 amide bonds. The van der Waals surface area contributed by atoms with Crippen LogP contribution in [0.4, 0.5) is 5.95 Å². The number of hydrogen-bond acceptors (Lipinski definition) is 6. The predicted molar refractivity (Wildman–Crippen MR) is 122 cm³/mol. The highest BCUT2D eigenvalue weighted by molar-refractivity contribution is 5.76. The van der Waals surface area contributed by atoms with Gasteiger partial charge >= 0.3 is 0 Å². The first-order valence-electron chi connectivity index (χ1n) is 10.6. The number of nitrogens with one attached hydrogen (secondary N) is 1. The van der Waals surface area contributed by atoms with Crippen LogP contribution in [0.25, 0.3) is 5.78 Å². The first kappa shape index (κ1) is 21.5. The number of nitrogens with zero attached hydrogens (tertiary/aromatic N) is 6. The highest BCUT2D eigenvalue weighted by atomic mass is 16.1. The highest BCUT2D eigenvalue weighted by Gasteiger charge is 2.16. The number of carbonyl (C=O) groups excluding carboxylic acids is 1. The van der Waals surface area contributed by atoms with E-state index in [0.29, 0.717) is 31.7 Å². The molecule has 9 nitrogen and oxygen atoms in total. The van der Waals surface area contributed by atoms with Gasteiger partial charge in [0.1, 0.15) is 0 Å². The summed E-state index contributed by atoms with van der Waals surface area (Å²) in [6.45, 7) is 9.05. The lowest BCUT2D eigenvalue weighted by Gasteiger charge is -2.11. The van der Waals surface area contributed by atoms with Gasteiger partial charge < -0.3 is 11.1 Å². The van der Waals surface area contributed by atoms with Crippen LogP contribution < -0.4 is 11.1 Å². The van der Waals surface area contributed by atoms with E-state index in [2.05, 4.69) is 37.6 Å². The highest BCUT2D eigenvalue weighted by Crippen LogP contribution is 2.17. The number of aromatic nitrogens is 6. The minimum Gasteiger partial charge on any atom is -0.366 e. The Morgan fingerprint density at radius 2 is 1.72 bits per heavy atom. The van der Waals surface area contributed by atoms with Crippen molar-refractivity contribution in [1.29, 1.82) is 0 Å². The maximum Gasteiger partial charge on any atom is 0.254 e. The standard InChI is InChI=1S/C23H28N8O/c1-14-19(17(4)31-23(26-14)27-22(24)29-31)10-11-21(32)25-12-20-15(2)28-30(16(20)3)13-18-8-6-5-7-9-18/h5-9H,10-13H2,1-4H3,(H2,24,29)(H,25,32). The van der Waals surface area contributed by atoms with E-state index < -0.39 is 0 Å². The molecular formula is C23H28N8O. The third kappa shape index (κ3) is 4.32. The first-order valence-corrected chi connectivity index (χ1v) is 10.6. The normalized spacial score (nSPS) is 11.2. The van der Waals surface area contributed by atoms with Crippen LogP contribution in [0.5, 0.6) is 0 Å². The molecule has 0 aliphatic carbocycles. The summed E-state index contributed by atoms with van der Waals surface area (Å²) in [4.78, 5) is 21.2. The zero-order valence-corrected chi connectivity index (χ0v) is 18.9. The zero-order valence-electron chi connectivity index (χ0n) is 18.9. The smallest absolute Gasteiger partial charge is 0.254 e. The Morgan fingerprint density at radius 1 is 0.969 bits per heavy atom. The predicted octanol–water partition coefficient (Wildman–Crippen LogP) is 2.43. The second kappa shape index (κ2) is 8.78. The summed E-state index contributed by atoms with van der Waals surface area (Å²) in [6, 6.07) is 10.2. The molecule has 0 saturated carbocycles. The van der Waals surface area contributed by atoms with Crippen LogP contribution in [0.2, 0.25) is 0 Å². The summed E-state index contributed by atoms with van der Waals surface area (Å²) in [5.74, 6) is 0.647. The van der Waals surface area contributed by atoms with E-state index in [1.165, 1.54) is 5.56 Å². The lowest BCUT2D eigenvalue weighted by atomic mass is 10.1. The maximum atomic E-state index is 12.6. The summed E-state index contributed by atoms with van der Waals surface area (Å²) < 4.78 is 3.62. The molecule has 3 N–H and O–H groups in total. The molecule has 0 saturated heterocycles. The zero-order chi connectivity index (χ0) is 22.8. The molecule has 1 aromatic carbocycles. The summed E-state index contributed by atoms with van der Waals surface area (Å²) in [5, 5.41) is 11.9. The molecule has 0 aliphatic heterocycles. The van der Waals surface area contributed by atoms with Crippen LogP contribution in [0.1, 0.15) is 45.9 Å². The van der Waals surface area contributed by atoms with Crippen molar-refractivity contribution in [2.75, 3.05) is 5.73 Å². The van der Waals surface area contributed by atoms with Gasteiger partial charge in [0, 0.05) is 35.6 Å². The van der Waals surface area contributed by atoms with Gasteiger partial charge in [-0.1, -0.05) is 30.3 Å². The third-order valence-electron chi connectivity index (χ3n) is 5.84. The van der Waals surface area contributed by atoms with E-state index in [0.717, 1.165) is 33.9 Å². The number of hydrogen-bond donors (Lipinski definition) is 2. The lowest BCUT2D eigenvalue weighted by Crippen LogP contribution is -2.24. The molecule has 0 aliphatic rings. The molecule has 166 valence electrons. The number of fused-ring (bicyclic) bond motifs is 1. The largest absolute Gasteiger partial charge is 0.366 e. The maximum absolute atomic E-state index is 12.6. The van der Waals surface area contributed by atoms with Crippen molar-refractivity contribution in [3.63, 3.8) is 0 Å². The van der Waals surface area contributed by atoms with Gasteiger partial charge in [0.05, 0.1) is 12.2 Å². The molecule has 0 bridgehead atoms. The number of nitrogens with two attached hydrogens (primary N) is 1. The van der Waals surface area contributed by atoms with E-state index in [9.17, 15) is 4.79 Å². The molecular weight excluding hydrogens is 404 g/mol. The van der Waals surface area contributed by atoms with Gasteiger partial charge in [-0.15, -0.1) is 5.10 Å². The van der Waals surface area contributed by atoms with E-state index >= 15 is 0 Å². The van der Waals surface area contributed by atoms with Gasteiger partial charge in [0.15, 0.2) is 0 Å². The summed E-state index contributed by atoms with van der Waals surface area (Å²) >= 11 is 0. The SMILES string of the molecule is Cc1nn(Cc2ccccc2)c(C)c1CNC(=O)CCc1c(C)nc2nc(N)nn2c1C. The average molecular weight is 433 g/mol. The van der Waals surface area contributed by atoms with Crippen LogP contribution in [-0.2, 0) is 24.3 Å². The number of benzene rings is 1. The van der Waals surface area contributed by atoms with Crippen molar-refractivity contribution < 1.29 is 4.79 Å². The quantitative estimate of drug-likeness (QED) is 0.463. The van der Waals surface area contributed by atoms with Crippen molar-refractivity contribution in [1.82, 2.24) is 34.7 Å². The fourth-order valence-corrected chi connectivity index (χ4v) is 4.00. The Balaban J connectivity index is 1.39. The number of amides is 1. The minimum absolute atomic E-state index is 0.0170. The van der Waals surface area contributed by atoms with E-state index in [4.69, 9.17) is 5.73 Å². The Hall–Kier alpha value is -3.75. The fraction of sp³-hybridized carbons (Fsp3) is 0.348. The van der Waals surface area contributed by atoms with E-state index in [1.807, 2.05) is 50.6 Å². The van der Waals surface area contributed by atoms with Gasteiger partial charge in [0.25, 0.3) is 5.78 Å². The van der Waals surface area contributed by atoms with Gasteiger partial charge in [-0.3, -0.25) is 9.48 Å². The number of nitrogen functional groups attached to an aromatic ring is 1. The Morgan fingerprint density at radius 3 is 2.47 bits per heavy atom. The Kier molecular flexibility index (Phi) is 5.89. The van der Waals surface area contributed by atoms with Crippen LogP contribution in [0.15, 0.2) is 30.3 Å². The van der Waals surface area contributed by atoms with E-state index in [1.54, 1.807) is 4.52 Å². The number of carbonyl (C=O) groups is 1. The van der Waals surface area contributed by atoms with Crippen molar-refractivity contribution in [3.8, 4) is 0 Å².